The van der Waals surface area contributed by atoms with E-state index in [1.807, 2.05) is 0 Å². The Morgan fingerprint density at radius 1 is 1.45 bits per heavy atom. The lowest BCUT2D eigenvalue weighted by Gasteiger charge is -2.25. The van der Waals surface area contributed by atoms with Gasteiger partial charge < -0.3 is 21.3 Å². The fourth-order valence-electron chi connectivity index (χ4n) is 2.59. The number of nitrogens with two attached hydrogens (primary N) is 1. The molecule has 0 saturated heterocycles. The highest BCUT2D eigenvalue weighted by Crippen LogP contribution is 2.31. The normalized spacial score (nSPS) is 16.8. The highest BCUT2D eigenvalue weighted by molar-refractivity contribution is 5.85. The minimum Gasteiger partial charge on any atom is -0.493 e. The number of aromatic hydroxyl groups is 1. The minimum atomic E-state index is -1.05. The number of rotatable bonds is 4. The Labute approximate surface area is 125 Å². The highest BCUT2D eigenvalue weighted by Gasteiger charge is 2.23. The smallest absolute Gasteiger partial charge is 0.356 e. The first-order chi connectivity index (χ1) is 10.5. The second kappa shape index (κ2) is 5.51. The Hall–Kier alpha value is -2.84. The third-order valence-electron chi connectivity index (χ3n) is 3.73. The van der Waals surface area contributed by atoms with Gasteiger partial charge in [0.05, 0.1) is 5.56 Å². The molecular formula is C13H16N6O3. The number of hydrogen-bond acceptors (Lipinski definition) is 7. The Balaban J connectivity index is 1.64. The monoisotopic (exact) mass is 304 g/mol. The van der Waals surface area contributed by atoms with E-state index in [-0.39, 0.29) is 23.4 Å². The summed E-state index contributed by atoms with van der Waals surface area (Å²) < 4.78 is 0. The van der Waals surface area contributed by atoms with E-state index in [4.69, 9.17) is 10.8 Å². The number of nitrogens with one attached hydrogen (secondary N) is 2. The Morgan fingerprint density at radius 2 is 2.27 bits per heavy atom. The highest BCUT2D eigenvalue weighted by atomic mass is 16.4. The molecule has 0 bridgehead atoms. The van der Waals surface area contributed by atoms with Crippen molar-refractivity contribution >= 4 is 17.7 Å². The number of carboxylic acids is 1. The van der Waals surface area contributed by atoms with Crippen molar-refractivity contribution in [1.29, 1.82) is 0 Å². The van der Waals surface area contributed by atoms with Gasteiger partial charge in [0.25, 0.3) is 0 Å². The molecule has 2 aromatic heterocycles. The molecule has 0 fully saturated rings. The molecule has 0 radical (unpaired) electrons. The van der Waals surface area contributed by atoms with Crippen LogP contribution in [0.3, 0.4) is 0 Å². The van der Waals surface area contributed by atoms with Crippen LogP contribution in [0.25, 0.3) is 0 Å². The van der Waals surface area contributed by atoms with E-state index >= 15 is 0 Å². The SMILES string of the molecule is Nc1nc(O)c2c(n1)NCC(CCc1cc(C(=O)O)n[nH]1)C2. The number of fused-ring (bicyclic) bond motifs is 1. The van der Waals surface area contributed by atoms with Crippen molar-refractivity contribution in [1.82, 2.24) is 20.2 Å². The van der Waals surface area contributed by atoms with Crippen molar-refractivity contribution in [3.63, 3.8) is 0 Å². The van der Waals surface area contributed by atoms with Gasteiger partial charge in [0.2, 0.25) is 11.8 Å². The van der Waals surface area contributed by atoms with Crippen LogP contribution in [0, 0.1) is 5.92 Å². The van der Waals surface area contributed by atoms with Crippen LogP contribution in [-0.4, -0.2) is 42.9 Å². The lowest BCUT2D eigenvalue weighted by atomic mass is 9.92. The predicted molar refractivity (Wildman–Crippen MR) is 77.7 cm³/mol. The van der Waals surface area contributed by atoms with Gasteiger partial charge in [0.1, 0.15) is 5.82 Å². The number of carbonyl (C=O) groups is 1. The fourth-order valence-corrected chi connectivity index (χ4v) is 2.59. The van der Waals surface area contributed by atoms with Gasteiger partial charge in [-0.1, -0.05) is 0 Å². The summed E-state index contributed by atoms with van der Waals surface area (Å²) in [5.41, 5.74) is 6.96. The number of aromatic carboxylic acids is 1. The zero-order valence-electron chi connectivity index (χ0n) is 11.7. The third kappa shape index (κ3) is 2.78. The number of carboxylic acid groups (broad SMARTS) is 1. The van der Waals surface area contributed by atoms with Crippen molar-refractivity contribution in [3.8, 4) is 5.88 Å². The molecule has 3 heterocycles. The summed E-state index contributed by atoms with van der Waals surface area (Å²) in [6.45, 7) is 0.711. The number of nitrogens with zero attached hydrogens (tertiary/aromatic N) is 3. The molecule has 1 aliphatic heterocycles. The van der Waals surface area contributed by atoms with E-state index in [1.54, 1.807) is 0 Å². The Morgan fingerprint density at radius 3 is 3.00 bits per heavy atom. The van der Waals surface area contributed by atoms with E-state index in [1.165, 1.54) is 6.07 Å². The zero-order chi connectivity index (χ0) is 15.7. The predicted octanol–water partition coefficient (Wildman–Crippen LogP) is 0.403. The van der Waals surface area contributed by atoms with E-state index in [0.717, 1.165) is 12.1 Å². The molecule has 0 spiro atoms. The van der Waals surface area contributed by atoms with Crippen LogP contribution in [0.5, 0.6) is 5.88 Å². The number of aryl methyl sites for hydroxylation is 1. The molecule has 0 aromatic carbocycles. The first kappa shape index (κ1) is 14.1. The van der Waals surface area contributed by atoms with Crippen LogP contribution in [-0.2, 0) is 12.8 Å². The molecule has 1 unspecified atom stereocenters. The number of anilines is 2. The van der Waals surface area contributed by atoms with Gasteiger partial charge in [0.15, 0.2) is 5.69 Å². The van der Waals surface area contributed by atoms with Crippen LogP contribution in [0.15, 0.2) is 6.07 Å². The maximum atomic E-state index is 10.8. The lowest BCUT2D eigenvalue weighted by Crippen LogP contribution is -2.25. The maximum Gasteiger partial charge on any atom is 0.356 e. The van der Waals surface area contributed by atoms with Crippen molar-refractivity contribution in [2.45, 2.75) is 19.3 Å². The standard InChI is InChI=1S/C13H16N6O3/c14-13-16-10-8(11(20)17-13)3-6(5-15-10)1-2-7-4-9(12(21)22)19-18-7/h4,6H,1-3,5H2,(H,18,19)(H,21,22)(H4,14,15,16,17,20). The molecule has 1 aliphatic rings. The summed E-state index contributed by atoms with van der Waals surface area (Å²) in [7, 11) is 0. The summed E-state index contributed by atoms with van der Waals surface area (Å²) in [4.78, 5) is 18.6. The molecule has 6 N–H and O–H groups in total. The largest absolute Gasteiger partial charge is 0.493 e. The van der Waals surface area contributed by atoms with Gasteiger partial charge in [-0.05, 0) is 31.2 Å². The van der Waals surface area contributed by atoms with E-state index in [2.05, 4.69) is 25.5 Å². The minimum absolute atomic E-state index is 0.0173. The topological polar surface area (TPSA) is 150 Å². The van der Waals surface area contributed by atoms with Gasteiger partial charge in [-0.15, -0.1) is 0 Å². The van der Waals surface area contributed by atoms with Crippen molar-refractivity contribution in [2.24, 2.45) is 5.92 Å². The van der Waals surface area contributed by atoms with Crippen molar-refractivity contribution in [2.75, 3.05) is 17.6 Å². The van der Waals surface area contributed by atoms with Crippen molar-refractivity contribution in [3.05, 3.63) is 23.0 Å². The zero-order valence-corrected chi connectivity index (χ0v) is 11.7. The second-order valence-corrected chi connectivity index (χ2v) is 5.31. The first-order valence-electron chi connectivity index (χ1n) is 6.89. The number of aromatic amines is 1. The number of nitrogen functional groups attached to an aromatic ring is 1. The van der Waals surface area contributed by atoms with Gasteiger partial charge in [-0.25, -0.2) is 4.79 Å². The molecule has 0 saturated carbocycles. The molecule has 0 aliphatic carbocycles. The van der Waals surface area contributed by atoms with Crippen LogP contribution >= 0.6 is 0 Å². The van der Waals surface area contributed by atoms with Crippen LogP contribution in [0.2, 0.25) is 0 Å². The van der Waals surface area contributed by atoms with Crippen LogP contribution < -0.4 is 11.1 Å². The molecule has 22 heavy (non-hydrogen) atoms. The van der Waals surface area contributed by atoms with Gasteiger partial charge >= 0.3 is 5.97 Å². The summed E-state index contributed by atoms with van der Waals surface area (Å²) >= 11 is 0. The summed E-state index contributed by atoms with van der Waals surface area (Å²) in [5, 5.41) is 28.3. The molecule has 9 nitrogen and oxygen atoms in total. The molecule has 1 atom stereocenters. The summed E-state index contributed by atoms with van der Waals surface area (Å²) in [6, 6.07) is 1.54. The first-order valence-corrected chi connectivity index (χ1v) is 6.89. The lowest BCUT2D eigenvalue weighted by molar-refractivity contribution is 0.0690. The van der Waals surface area contributed by atoms with Gasteiger partial charge in [0, 0.05) is 12.2 Å². The maximum absolute atomic E-state index is 10.8. The van der Waals surface area contributed by atoms with Crippen LogP contribution in [0.4, 0.5) is 11.8 Å². The van der Waals surface area contributed by atoms with Gasteiger partial charge in [-0.2, -0.15) is 15.1 Å². The average molecular weight is 304 g/mol. The number of aromatic nitrogens is 4. The van der Waals surface area contributed by atoms with E-state index < -0.39 is 5.97 Å². The molecule has 0 amide bonds. The number of hydrogen-bond donors (Lipinski definition) is 5. The molecule has 116 valence electrons. The second-order valence-electron chi connectivity index (χ2n) is 5.31. The fraction of sp³-hybridized carbons (Fsp3) is 0.385. The molecule has 2 aromatic rings. The Kier molecular flexibility index (Phi) is 3.53. The van der Waals surface area contributed by atoms with Crippen molar-refractivity contribution < 1.29 is 15.0 Å². The van der Waals surface area contributed by atoms with E-state index in [9.17, 15) is 9.90 Å². The van der Waals surface area contributed by atoms with Crippen LogP contribution in [0.1, 0.15) is 28.2 Å². The third-order valence-corrected chi connectivity index (χ3v) is 3.73. The quantitative estimate of drug-likeness (QED) is 0.544. The number of H-pyrrole nitrogens is 1. The average Bonchev–Trinajstić information content (AvgIpc) is 2.94. The van der Waals surface area contributed by atoms with Gasteiger partial charge in [-0.3, -0.25) is 5.10 Å². The summed E-state index contributed by atoms with van der Waals surface area (Å²) in [6.07, 6.45) is 2.14. The summed E-state index contributed by atoms with van der Waals surface area (Å²) in [5.74, 6) is -0.233. The molecule has 9 heteroatoms. The van der Waals surface area contributed by atoms with E-state index in [0.29, 0.717) is 30.8 Å². The molecule has 3 rings (SSSR count). The molecular weight excluding hydrogens is 288 g/mol. The Bertz CT molecular complexity index is 714.